The Morgan fingerprint density at radius 3 is 2.70 bits per heavy atom. The molecule has 2 rings (SSSR count). The Hall–Kier alpha value is -1.74. The molecule has 3 nitrogen and oxygen atoms in total. The van der Waals surface area contributed by atoms with Crippen LogP contribution in [-0.4, -0.2) is 6.54 Å². The zero-order chi connectivity index (χ0) is 14.4. The van der Waals surface area contributed by atoms with E-state index in [0.29, 0.717) is 6.61 Å². The van der Waals surface area contributed by atoms with E-state index in [0.717, 1.165) is 36.8 Å². The summed E-state index contributed by atoms with van der Waals surface area (Å²) >= 11 is 0. The second-order valence-electron chi connectivity index (χ2n) is 4.82. The van der Waals surface area contributed by atoms with Crippen LogP contribution in [0.15, 0.2) is 34.7 Å². The lowest BCUT2D eigenvalue weighted by molar-refractivity contribution is 0.265. The summed E-state index contributed by atoms with van der Waals surface area (Å²) in [4.78, 5) is 0. The molecule has 0 amide bonds. The van der Waals surface area contributed by atoms with Gasteiger partial charge in [0.1, 0.15) is 23.9 Å². The first-order chi connectivity index (χ1) is 9.74. The molecule has 0 radical (unpaired) electrons. The minimum atomic E-state index is 0.476. The van der Waals surface area contributed by atoms with Gasteiger partial charge in [0.05, 0.1) is 0 Å². The highest BCUT2D eigenvalue weighted by molar-refractivity contribution is 5.33. The first-order valence-corrected chi connectivity index (χ1v) is 7.24. The van der Waals surface area contributed by atoms with Crippen LogP contribution in [0.3, 0.4) is 0 Å². The number of nitrogens with one attached hydrogen (secondary N) is 1. The summed E-state index contributed by atoms with van der Waals surface area (Å²) < 4.78 is 11.6. The number of ether oxygens (including phenoxy) is 1. The average molecular weight is 273 g/mol. The molecule has 0 saturated carbocycles. The molecule has 1 heterocycles. The first kappa shape index (κ1) is 14.7. The Labute approximate surface area is 121 Å². The van der Waals surface area contributed by atoms with Crippen LogP contribution in [0, 0.1) is 6.92 Å². The van der Waals surface area contributed by atoms with Crippen LogP contribution in [0.25, 0.3) is 0 Å². The summed E-state index contributed by atoms with van der Waals surface area (Å²) in [7, 11) is 0. The lowest BCUT2D eigenvalue weighted by Crippen LogP contribution is -2.11. The molecule has 1 aromatic heterocycles. The van der Waals surface area contributed by atoms with Gasteiger partial charge in [-0.05, 0) is 37.6 Å². The molecule has 20 heavy (non-hydrogen) atoms. The number of hydrogen-bond acceptors (Lipinski definition) is 3. The van der Waals surface area contributed by atoms with Gasteiger partial charge in [0, 0.05) is 12.1 Å². The minimum Gasteiger partial charge on any atom is -0.485 e. The zero-order valence-electron chi connectivity index (χ0n) is 12.5. The smallest absolute Gasteiger partial charge is 0.146 e. The van der Waals surface area contributed by atoms with Gasteiger partial charge in [-0.25, -0.2) is 0 Å². The third kappa shape index (κ3) is 3.64. The normalized spacial score (nSPS) is 10.8. The maximum Gasteiger partial charge on any atom is 0.146 e. The van der Waals surface area contributed by atoms with E-state index in [1.807, 2.05) is 25.1 Å². The lowest BCUT2D eigenvalue weighted by atomic mass is 10.1. The summed E-state index contributed by atoms with van der Waals surface area (Å²) in [6, 6.07) is 10.2. The number of benzene rings is 1. The van der Waals surface area contributed by atoms with Crippen molar-refractivity contribution < 1.29 is 9.15 Å². The number of hydrogen-bond donors (Lipinski definition) is 1. The Balaban J connectivity index is 2.00. The fourth-order valence-electron chi connectivity index (χ4n) is 2.18. The van der Waals surface area contributed by atoms with Gasteiger partial charge in [0.2, 0.25) is 0 Å². The van der Waals surface area contributed by atoms with Crippen LogP contribution >= 0.6 is 0 Å². The predicted molar refractivity (Wildman–Crippen MR) is 81.0 cm³/mol. The van der Waals surface area contributed by atoms with Gasteiger partial charge >= 0.3 is 0 Å². The van der Waals surface area contributed by atoms with Gasteiger partial charge in [-0.2, -0.15) is 0 Å². The fourth-order valence-corrected chi connectivity index (χ4v) is 2.18. The molecule has 0 aliphatic carbocycles. The summed E-state index contributed by atoms with van der Waals surface area (Å²) in [6.07, 6.45) is 0.971. The quantitative estimate of drug-likeness (QED) is 0.832. The van der Waals surface area contributed by atoms with E-state index < -0.39 is 0 Å². The summed E-state index contributed by atoms with van der Waals surface area (Å²) in [5.74, 6) is 2.78. The Morgan fingerprint density at radius 2 is 1.95 bits per heavy atom. The van der Waals surface area contributed by atoms with E-state index in [4.69, 9.17) is 9.15 Å². The summed E-state index contributed by atoms with van der Waals surface area (Å²) in [6.45, 7) is 8.51. The summed E-state index contributed by atoms with van der Waals surface area (Å²) in [5, 5.41) is 3.31. The molecule has 0 aliphatic heterocycles. The fraction of sp³-hybridized carbons (Fsp3) is 0.412. The summed E-state index contributed by atoms with van der Waals surface area (Å²) in [5.41, 5.74) is 2.43. The van der Waals surface area contributed by atoms with E-state index >= 15 is 0 Å². The molecule has 108 valence electrons. The standard InChI is InChI=1S/C17H23NO2/c1-4-14-8-6-7-9-17(14)19-12-16-10-15(11-18-5-2)13(3)20-16/h6-10,18H,4-5,11-12H2,1-3H3. The Kier molecular flexibility index (Phi) is 5.24. The topological polar surface area (TPSA) is 34.4 Å². The van der Waals surface area contributed by atoms with Crippen LogP contribution in [0.4, 0.5) is 0 Å². The molecule has 0 atom stereocenters. The molecule has 0 saturated heterocycles. The second kappa shape index (κ2) is 7.15. The van der Waals surface area contributed by atoms with Crippen molar-refractivity contribution in [3.8, 4) is 5.75 Å². The van der Waals surface area contributed by atoms with Crippen LogP contribution in [0.5, 0.6) is 5.75 Å². The van der Waals surface area contributed by atoms with E-state index in [2.05, 4.69) is 31.3 Å². The highest BCUT2D eigenvalue weighted by atomic mass is 16.5. The van der Waals surface area contributed by atoms with E-state index in [1.165, 1.54) is 11.1 Å². The molecular formula is C17H23NO2. The van der Waals surface area contributed by atoms with Gasteiger partial charge in [-0.3, -0.25) is 0 Å². The van der Waals surface area contributed by atoms with Crippen molar-refractivity contribution in [1.82, 2.24) is 5.32 Å². The van der Waals surface area contributed by atoms with Crippen molar-refractivity contribution in [2.75, 3.05) is 6.54 Å². The molecule has 3 heteroatoms. The van der Waals surface area contributed by atoms with Crippen LogP contribution < -0.4 is 10.1 Å². The van der Waals surface area contributed by atoms with Crippen LogP contribution in [0.1, 0.15) is 36.5 Å². The van der Waals surface area contributed by atoms with E-state index in [-0.39, 0.29) is 0 Å². The maximum absolute atomic E-state index is 5.87. The van der Waals surface area contributed by atoms with Crippen molar-refractivity contribution in [3.63, 3.8) is 0 Å². The molecule has 0 bridgehead atoms. The third-order valence-corrected chi connectivity index (χ3v) is 3.36. The largest absolute Gasteiger partial charge is 0.485 e. The Morgan fingerprint density at radius 1 is 1.15 bits per heavy atom. The molecular weight excluding hydrogens is 250 g/mol. The predicted octanol–water partition coefficient (Wildman–Crippen LogP) is 3.84. The van der Waals surface area contributed by atoms with Gasteiger partial charge in [-0.1, -0.05) is 32.0 Å². The van der Waals surface area contributed by atoms with Gasteiger partial charge < -0.3 is 14.5 Å². The van der Waals surface area contributed by atoms with E-state index in [9.17, 15) is 0 Å². The molecule has 1 aromatic carbocycles. The number of aryl methyl sites for hydroxylation is 2. The number of rotatable bonds is 7. The second-order valence-corrected chi connectivity index (χ2v) is 4.82. The molecule has 0 unspecified atom stereocenters. The monoisotopic (exact) mass is 273 g/mol. The lowest BCUT2D eigenvalue weighted by Gasteiger charge is -2.08. The SMILES string of the molecule is CCNCc1cc(COc2ccccc2CC)oc1C. The zero-order valence-corrected chi connectivity index (χ0v) is 12.5. The molecule has 0 aliphatic rings. The van der Waals surface area contributed by atoms with Crippen molar-refractivity contribution >= 4 is 0 Å². The van der Waals surface area contributed by atoms with Crippen molar-refractivity contribution in [1.29, 1.82) is 0 Å². The molecule has 1 N–H and O–H groups in total. The third-order valence-electron chi connectivity index (χ3n) is 3.36. The van der Waals surface area contributed by atoms with Gasteiger partial charge in [0.15, 0.2) is 0 Å². The van der Waals surface area contributed by atoms with Gasteiger partial charge in [0.25, 0.3) is 0 Å². The minimum absolute atomic E-state index is 0.476. The molecule has 0 spiro atoms. The number of furan rings is 1. The highest BCUT2D eigenvalue weighted by Crippen LogP contribution is 2.21. The highest BCUT2D eigenvalue weighted by Gasteiger charge is 2.08. The molecule has 2 aromatic rings. The van der Waals surface area contributed by atoms with Crippen molar-refractivity contribution in [2.24, 2.45) is 0 Å². The van der Waals surface area contributed by atoms with E-state index in [1.54, 1.807) is 0 Å². The van der Waals surface area contributed by atoms with Crippen molar-refractivity contribution in [3.05, 3.63) is 53.0 Å². The first-order valence-electron chi connectivity index (χ1n) is 7.24. The molecule has 0 fully saturated rings. The average Bonchev–Trinajstić information content (AvgIpc) is 2.83. The maximum atomic E-state index is 5.87. The number of para-hydroxylation sites is 1. The van der Waals surface area contributed by atoms with Gasteiger partial charge in [-0.15, -0.1) is 0 Å². The van der Waals surface area contributed by atoms with Crippen LogP contribution in [-0.2, 0) is 19.6 Å². The van der Waals surface area contributed by atoms with Crippen LogP contribution in [0.2, 0.25) is 0 Å². The Bertz CT molecular complexity index is 546. The van der Waals surface area contributed by atoms with Crippen molar-refractivity contribution in [2.45, 2.75) is 40.3 Å².